The molecule has 1 amide bonds. The lowest BCUT2D eigenvalue weighted by Gasteiger charge is -2.39. The van der Waals surface area contributed by atoms with Gasteiger partial charge in [-0.05, 0) is 42.9 Å². The van der Waals surface area contributed by atoms with Crippen LogP contribution in [0.3, 0.4) is 0 Å². The highest BCUT2D eigenvalue weighted by molar-refractivity contribution is 7.80. The van der Waals surface area contributed by atoms with E-state index in [2.05, 4.69) is 5.32 Å². The van der Waals surface area contributed by atoms with E-state index >= 15 is 0 Å². The van der Waals surface area contributed by atoms with Crippen LogP contribution in [0.4, 0.5) is 5.69 Å². The number of anilines is 1. The van der Waals surface area contributed by atoms with E-state index in [1.54, 1.807) is 32.2 Å². The molecule has 0 unspecified atom stereocenters. The first-order chi connectivity index (χ1) is 13.4. The molecule has 1 heterocycles. The van der Waals surface area contributed by atoms with Crippen LogP contribution < -0.4 is 15.0 Å². The predicted molar refractivity (Wildman–Crippen MR) is 117 cm³/mol. The first-order valence-corrected chi connectivity index (χ1v) is 9.56. The molecule has 3 rings (SSSR count). The summed E-state index contributed by atoms with van der Waals surface area (Å²) in [5.74, 6) is 0.552. The minimum absolute atomic E-state index is 0.114. The average Bonchev–Trinajstić information content (AvgIpc) is 2.68. The molecule has 1 atom stereocenters. The van der Waals surface area contributed by atoms with Crippen molar-refractivity contribution in [1.82, 2.24) is 10.2 Å². The van der Waals surface area contributed by atoms with Crippen LogP contribution in [-0.4, -0.2) is 37.1 Å². The van der Waals surface area contributed by atoms with Gasteiger partial charge < -0.3 is 15.0 Å². The number of thiocarbonyl (C=S) groups is 1. The molecule has 0 saturated heterocycles. The van der Waals surface area contributed by atoms with Gasteiger partial charge in [0.25, 0.3) is 5.91 Å². The molecule has 0 aliphatic carbocycles. The normalized spacial score (nSPS) is 16.7. The highest BCUT2D eigenvalue weighted by atomic mass is 35.5. The monoisotopic (exact) mass is 415 g/mol. The molecule has 0 fully saturated rings. The Morgan fingerprint density at radius 3 is 2.46 bits per heavy atom. The molecular weight excluding hydrogens is 394 g/mol. The van der Waals surface area contributed by atoms with Crippen molar-refractivity contribution in [3.63, 3.8) is 0 Å². The quantitative estimate of drug-likeness (QED) is 0.760. The first kappa shape index (κ1) is 20.2. The number of methoxy groups -OCH3 is 1. The summed E-state index contributed by atoms with van der Waals surface area (Å²) in [6.07, 6.45) is 0. The third-order valence-electron chi connectivity index (χ3n) is 4.66. The number of nitrogens with zero attached hydrogens (tertiary/aromatic N) is 2. The molecule has 0 bridgehead atoms. The number of likely N-dealkylation sites (N-methyl/N-ethyl adjacent to an activating group) is 1. The second-order valence-corrected chi connectivity index (χ2v) is 7.40. The maximum absolute atomic E-state index is 13.1. The van der Waals surface area contributed by atoms with Crippen molar-refractivity contribution in [2.24, 2.45) is 0 Å². The van der Waals surface area contributed by atoms with Crippen LogP contribution in [0.15, 0.2) is 59.8 Å². The molecule has 0 spiro atoms. The molecule has 1 N–H and O–H groups in total. The SMILES string of the molecule is COc1ccccc1N1C(=S)N[C@H](c2ccccc2Cl)C(C(=O)N(C)C)=C1C. The summed E-state index contributed by atoms with van der Waals surface area (Å²) in [6.45, 7) is 1.89. The van der Waals surface area contributed by atoms with E-state index in [0.29, 0.717) is 21.5 Å². The van der Waals surface area contributed by atoms with Gasteiger partial charge in [0.1, 0.15) is 5.75 Å². The lowest BCUT2D eigenvalue weighted by atomic mass is 9.93. The highest BCUT2D eigenvalue weighted by Gasteiger charge is 2.36. The van der Waals surface area contributed by atoms with Crippen molar-refractivity contribution in [3.8, 4) is 5.75 Å². The molecule has 7 heteroatoms. The standard InChI is InChI=1S/C21H22ClN3O2S/c1-13-18(20(26)24(2)3)19(14-9-5-6-10-15(14)22)23-21(28)25(13)16-11-7-8-12-17(16)27-4/h5-12,19H,1-4H3,(H,23,28)/t19-/m1/s1. The molecule has 28 heavy (non-hydrogen) atoms. The van der Waals surface area contributed by atoms with Crippen molar-refractivity contribution in [3.05, 3.63) is 70.4 Å². The third kappa shape index (κ3) is 3.57. The summed E-state index contributed by atoms with van der Waals surface area (Å²) in [4.78, 5) is 16.5. The average molecular weight is 416 g/mol. The minimum Gasteiger partial charge on any atom is -0.495 e. The smallest absolute Gasteiger partial charge is 0.253 e. The Balaban J connectivity index is 2.22. The maximum atomic E-state index is 13.1. The van der Waals surface area contributed by atoms with Gasteiger partial charge in [-0.15, -0.1) is 0 Å². The molecule has 2 aromatic rings. The number of allylic oxidation sites excluding steroid dienone is 1. The van der Waals surface area contributed by atoms with Gasteiger partial charge in [0.15, 0.2) is 5.11 Å². The summed E-state index contributed by atoms with van der Waals surface area (Å²) in [7, 11) is 5.07. The summed E-state index contributed by atoms with van der Waals surface area (Å²) < 4.78 is 5.50. The van der Waals surface area contributed by atoms with Crippen LogP contribution in [0, 0.1) is 0 Å². The van der Waals surface area contributed by atoms with E-state index in [-0.39, 0.29) is 5.91 Å². The van der Waals surface area contributed by atoms with Gasteiger partial charge in [-0.3, -0.25) is 9.69 Å². The van der Waals surface area contributed by atoms with Gasteiger partial charge in [0.05, 0.1) is 24.4 Å². The fourth-order valence-corrected chi connectivity index (χ4v) is 3.91. The van der Waals surface area contributed by atoms with Gasteiger partial charge in [-0.2, -0.15) is 0 Å². The zero-order valence-corrected chi connectivity index (χ0v) is 17.8. The van der Waals surface area contributed by atoms with E-state index in [1.807, 2.05) is 54.3 Å². The number of carbonyl (C=O) groups is 1. The van der Waals surface area contributed by atoms with E-state index in [1.165, 1.54) is 0 Å². The van der Waals surface area contributed by atoms with Crippen LogP contribution in [0.25, 0.3) is 0 Å². The van der Waals surface area contributed by atoms with Gasteiger partial charge in [-0.25, -0.2) is 0 Å². The van der Waals surface area contributed by atoms with E-state index in [4.69, 9.17) is 28.6 Å². The van der Waals surface area contributed by atoms with Crippen molar-refractivity contribution in [2.45, 2.75) is 13.0 Å². The number of rotatable bonds is 4. The Labute approximate surface area is 175 Å². The summed E-state index contributed by atoms with van der Waals surface area (Å²) >= 11 is 12.1. The van der Waals surface area contributed by atoms with Crippen molar-refractivity contribution >= 4 is 40.5 Å². The maximum Gasteiger partial charge on any atom is 0.253 e. The number of hydrogen-bond acceptors (Lipinski definition) is 3. The number of ether oxygens (including phenoxy) is 1. The zero-order chi connectivity index (χ0) is 20.4. The van der Waals surface area contributed by atoms with E-state index < -0.39 is 6.04 Å². The lowest BCUT2D eigenvalue weighted by molar-refractivity contribution is -0.125. The summed E-state index contributed by atoms with van der Waals surface area (Å²) in [5.41, 5.74) is 2.88. The van der Waals surface area contributed by atoms with Crippen molar-refractivity contribution < 1.29 is 9.53 Å². The second-order valence-electron chi connectivity index (χ2n) is 6.61. The van der Waals surface area contributed by atoms with Crippen molar-refractivity contribution in [2.75, 3.05) is 26.1 Å². The Hall–Kier alpha value is -2.57. The molecule has 1 aliphatic heterocycles. The number of para-hydroxylation sites is 2. The third-order valence-corrected chi connectivity index (χ3v) is 5.31. The molecule has 146 valence electrons. The van der Waals surface area contributed by atoms with Crippen LogP contribution in [0.1, 0.15) is 18.5 Å². The fourth-order valence-electron chi connectivity index (χ4n) is 3.31. The Kier molecular flexibility index (Phi) is 5.91. The van der Waals surface area contributed by atoms with E-state index in [0.717, 1.165) is 16.9 Å². The Morgan fingerprint density at radius 1 is 1.18 bits per heavy atom. The van der Waals surface area contributed by atoms with Gasteiger partial charge in [-0.1, -0.05) is 41.9 Å². The van der Waals surface area contributed by atoms with Crippen LogP contribution in [0.5, 0.6) is 5.75 Å². The molecule has 0 saturated carbocycles. The van der Waals surface area contributed by atoms with E-state index in [9.17, 15) is 4.79 Å². The fraction of sp³-hybridized carbons (Fsp3) is 0.238. The Bertz CT molecular complexity index is 958. The molecular formula is C21H22ClN3O2S. The first-order valence-electron chi connectivity index (χ1n) is 8.77. The number of hydrogen-bond donors (Lipinski definition) is 1. The zero-order valence-electron chi connectivity index (χ0n) is 16.2. The highest BCUT2D eigenvalue weighted by Crippen LogP contribution is 2.39. The minimum atomic E-state index is -0.443. The molecule has 0 aromatic heterocycles. The number of benzene rings is 2. The number of carbonyl (C=O) groups excluding carboxylic acids is 1. The van der Waals surface area contributed by atoms with Gasteiger partial charge in [0.2, 0.25) is 0 Å². The van der Waals surface area contributed by atoms with Gasteiger partial charge >= 0.3 is 0 Å². The molecule has 2 aromatic carbocycles. The summed E-state index contributed by atoms with van der Waals surface area (Å²) in [6, 6.07) is 14.6. The molecule has 5 nitrogen and oxygen atoms in total. The molecule has 0 radical (unpaired) electrons. The second kappa shape index (κ2) is 8.20. The number of amides is 1. The van der Waals surface area contributed by atoms with Gasteiger partial charge in [0, 0.05) is 24.8 Å². The predicted octanol–water partition coefficient (Wildman–Crippen LogP) is 4.15. The van der Waals surface area contributed by atoms with Crippen molar-refractivity contribution in [1.29, 1.82) is 0 Å². The van der Waals surface area contributed by atoms with Crippen LogP contribution in [0.2, 0.25) is 5.02 Å². The number of halogens is 1. The largest absolute Gasteiger partial charge is 0.495 e. The summed E-state index contributed by atoms with van der Waals surface area (Å²) in [5, 5.41) is 4.35. The lowest BCUT2D eigenvalue weighted by Crippen LogP contribution is -2.49. The topological polar surface area (TPSA) is 44.8 Å². The van der Waals surface area contributed by atoms with Crippen LogP contribution >= 0.6 is 23.8 Å². The Morgan fingerprint density at radius 2 is 1.82 bits per heavy atom. The number of nitrogens with one attached hydrogen (secondary N) is 1. The van der Waals surface area contributed by atoms with Crippen LogP contribution in [-0.2, 0) is 4.79 Å². The molecule has 1 aliphatic rings.